The highest BCUT2D eigenvalue weighted by Crippen LogP contribution is 2.38. The Morgan fingerprint density at radius 2 is 2.14 bits per heavy atom. The number of pyridine rings is 1. The molecule has 1 aliphatic carbocycles. The lowest BCUT2D eigenvalue weighted by atomic mass is 9.81. The van der Waals surface area contributed by atoms with E-state index in [-0.39, 0.29) is 0 Å². The summed E-state index contributed by atoms with van der Waals surface area (Å²) < 4.78 is 0. The average molecular weight is 481 g/mol. The zero-order chi connectivity index (χ0) is 25.8. The SMILES string of the molecule is C=C(C)NC1CCN(C/C(C=N)=C/Nc2cc(C)c(C#N)cn2)CC1c1ccc2c(c1C)CCC2=C. The van der Waals surface area contributed by atoms with Crippen molar-refractivity contribution in [3.05, 3.63) is 88.4 Å². The Morgan fingerprint density at radius 1 is 1.33 bits per heavy atom. The minimum absolute atomic E-state index is 0.330. The van der Waals surface area contributed by atoms with Gasteiger partial charge < -0.3 is 16.0 Å². The predicted octanol–water partition coefficient (Wildman–Crippen LogP) is 5.46. The third kappa shape index (κ3) is 5.42. The molecule has 36 heavy (non-hydrogen) atoms. The molecule has 2 aliphatic rings. The molecule has 0 spiro atoms. The minimum Gasteiger partial charge on any atom is -0.386 e. The molecule has 0 bridgehead atoms. The molecule has 0 saturated carbocycles. The van der Waals surface area contributed by atoms with Gasteiger partial charge in [-0.05, 0) is 85.1 Å². The number of allylic oxidation sites excluding steroid dienone is 2. The van der Waals surface area contributed by atoms with Crippen LogP contribution < -0.4 is 10.6 Å². The summed E-state index contributed by atoms with van der Waals surface area (Å²) in [6, 6.07) is 8.90. The Hall–Kier alpha value is -3.69. The van der Waals surface area contributed by atoms with E-state index < -0.39 is 0 Å². The highest BCUT2D eigenvalue weighted by Gasteiger charge is 2.32. The van der Waals surface area contributed by atoms with Gasteiger partial charge in [0.05, 0.1) is 5.56 Å². The molecule has 1 aromatic carbocycles. The lowest BCUT2D eigenvalue weighted by Crippen LogP contribution is -2.48. The number of anilines is 1. The molecule has 2 heterocycles. The van der Waals surface area contributed by atoms with Crippen LogP contribution in [-0.4, -0.2) is 41.8 Å². The Bertz CT molecular complexity index is 1260. The summed E-state index contributed by atoms with van der Waals surface area (Å²) in [6.45, 7) is 17.1. The zero-order valence-corrected chi connectivity index (χ0v) is 21.6. The fourth-order valence-corrected chi connectivity index (χ4v) is 5.52. The molecule has 0 radical (unpaired) electrons. The van der Waals surface area contributed by atoms with Gasteiger partial charge in [0.2, 0.25) is 0 Å². The summed E-state index contributed by atoms with van der Waals surface area (Å²) in [7, 11) is 0. The van der Waals surface area contributed by atoms with E-state index in [1.165, 1.54) is 34.0 Å². The maximum absolute atomic E-state index is 9.12. The van der Waals surface area contributed by atoms with Gasteiger partial charge in [-0.3, -0.25) is 4.90 Å². The van der Waals surface area contributed by atoms with Crippen LogP contribution in [0.2, 0.25) is 0 Å². The molecular formula is C30H36N6. The summed E-state index contributed by atoms with van der Waals surface area (Å²) in [5, 5.41) is 23.9. The topological polar surface area (TPSA) is 87.8 Å². The Labute approximate surface area is 214 Å². The Kier molecular flexibility index (Phi) is 7.71. The van der Waals surface area contributed by atoms with Crippen molar-refractivity contribution in [2.75, 3.05) is 25.0 Å². The van der Waals surface area contributed by atoms with Gasteiger partial charge in [-0.2, -0.15) is 5.26 Å². The van der Waals surface area contributed by atoms with E-state index >= 15 is 0 Å². The molecule has 3 N–H and O–H groups in total. The van der Waals surface area contributed by atoms with Crippen molar-refractivity contribution in [2.24, 2.45) is 0 Å². The summed E-state index contributed by atoms with van der Waals surface area (Å²) in [4.78, 5) is 6.74. The Balaban J connectivity index is 1.52. The van der Waals surface area contributed by atoms with Crippen molar-refractivity contribution in [1.29, 1.82) is 10.7 Å². The molecule has 1 saturated heterocycles. The van der Waals surface area contributed by atoms with Crippen LogP contribution in [0.15, 0.2) is 55.0 Å². The van der Waals surface area contributed by atoms with E-state index in [0.29, 0.717) is 29.9 Å². The van der Waals surface area contributed by atoms with Crippen LogP contribution >= 0.6 is 0 Å². The van der Waals surface area contributed by atoms with Gasteiger partial charge in [0.1, 0.15) is 11.9 Å². The molecule has 1 aliphatic heterocycles. The fraction of sp³-hybridized carbons (Fsp3) is 0.367. The van der Waals surface area contributed by atoms with Crippen LogP contribution in [0.5, 0.6) is 0 Å². The van der Waals surface area contributed by atoms with Crippen LogP contribution in [0.4, 0.5) is 5.82 Å². The number of fused-ring (bicyclic) bond motifs is 1. The number of nitrogens with one attached hydrogen (secondary N) is 3. The van der Waals surface area contributed by atoms with Crippen LogP contribution in [0, 0.1) is 30.6 Å². The smallest absolute Gasteiger partial charge is 0.130 e. The summed E-state index contributed by atoms with van der Waals surface area (Å²) in [5.74, 6) is 1.00. The molecule has 6 heteroatoms. The highest BCUT2D eigenvalue weighted by atomic mass is 15.2. The average Bonchev–Trinajstić information content (AvgIpc) is 3.24. The van der Waals surface area contributed by atoms with Crippen LogP contribution in [0.25, 0.3) is 5.57 Å². The first kappa shape index (κ1) is 25.4. The van der Waals surface area contributed by atoms with Crippen molar-refractivity contribution in [1.82, 2.24) is 15.2 Å². The van der Waals surface area contributed by atoms with Gasteiger partial charge in [0.25, 0.3) is 0 Å². The fourth-order valence-electron chi connectivity index (χ4n) is 5.52. The monoisotopic (exact) mass is 480 g/mol. The normalized spacial score (nSPS) is 19.9. The quantitative estimate of drug-likeness (QED) is 0.437. The van der Waals surface area contributed by atoms with Gasteiger partial charge in [-0.1, -0.05) is 25.3 Å². The van der Waals surface area contributed by atoms with Gasteiger partial charge in [0, 0.05) is 55.9 Å². The maximum Gasteiger partial charge on any atom is 0.130 e. The second-order valence-corrected chi connectivity index (χ2v) is 10.1. The highest BCUT2D eigenvalue weighted by molar-refractivity contribution is 5.77. The molecular weight excluding hydrogens is 444 g/mol. The van der Waals surface area contributed by atoms with Gasteiger partial charge >= 0.3 is 0 Å². The van der Waals surface area contributed by atoms with Crippen molar-refractivity contribution < 1.29 is 0 Å². The van der Waals surface area contributed by atoms with Crippen LogP contribution in [0.1, 0.15) is 59.1 Å². The number of nitriles is 1. The van der Waals surface area contributed by atoms with E-state index in [1.54, 1.807) is 6.20 Å². The largest absolute Gasteiger partial charge is 0.386 e. The number of likely N-dealkylation sites (tertiary alicyclic amines) is 1. The molecule has 2 atom stereocenters. The Morgan fingerprint density at radius 3 is 2.83 bits per heavy atom. The van der Waals surface area contributed by atoms with Gasteiger partial charge in [0.15, 0.2) is 0 Å². The molecule has 4 rings (SSSR count). The number of aromatic nitrogens is 1. The molecule has 0 amide bonds. The van der Waals surface area contributed by atoms with Crippen molar-refractivity contribution in [3.8, 4) is 6.07 Å². The third-order valence-corrected chi connectivity index (χ3v) is 7.45. The number of hydrogen-bond donors (Lipinski definition) is 3. The minimum atomic E-state index is 0.330. The number of piperidine rings is 1. The van der Waals surface area contributed by atoms with Crippen molar-refractivity contribution in [3.63, 3.8) is 0 Å². The van der Waals surface area contributed by atoms with Crippen molar-refractivity contribution in [2.45, 2.75) is 52.0 Å². The molecule has 6 nitrogen and oxygen atoms in total. The lowest BCUT2D eigenvalue weighted by Gasteiger charge is -2.40. The van der Waals surface area contributed by atoms with Gasteiger partial charge in [-0.25, -0.2) is 4.98 Å². The number of hydrogen-bond acceptors (Lipinski definition) is 6. The summed E-state index contributed by atoms with van der Waals surface area (Å²) >= 11 is 0. The number of rotatable bonds is 8. The maximum atomic E-state index is 9.12. The standard InChI is InChI=1S/C30H36N6/c1-19(2)35-29-10-11-36(17-23(13-31)15-33-30-12-21(4)24(14-32)16-34-30)18-28(29)27-9-8-25-20(3)6-7-26(25)22(27)5/h8-9,12-13,15-16,28-29,31,35H,1,3,6-7,10-11,17-18H2,2,4-5H3,(H,33,34)/b23-15+,31-13?. The number of benzene rings is 1. The van der Waals surface area contributed by atoms with E-state index in [9.17, 15) is 0 Å². The van der Waals surface area contributed by atoms with E-state index in [0.717, 1.165) is 49.2 Å². The molecule has 1 fully saturated rings. The molecule has 2 unspecified atom stereocenters. The second-order valence-electron chi connectivity index (χ2n) is 10.1. The lowest BCUT2D eigenvalue weighted by molar-refractivity contribution is 0.193. The van der Waals surface area contributed by atoms with E-state index in [4.69, 9.17) is 10.7 Å². The van der Waals surface area contributed by atoms with Crippen molar-refractivity contribution >= 4 is 17.6 Å². The molecule has 2 aromatic rings. The molecule has 1 aromatic heterocycles. The first-order chi connectivity index (χ1) is 17.3. The number of aryl methyl sites for hydroxylation is 1. The van der Waals surface area contributed by atoms with Crippen LogP contribution in [-0.2, 0) is 6.42 Å². The number of nitrogens with zero attached hydrogens (tertiary/aromatic N) is 3. The zero-order valence-electron chi connectivity index (χ0n) is 21.6. The molecule has 186 valence electrons. The van der Waals surface area contributed by atoms with Gasteiger partial charge in [-0.15, -0.1) is 0 Å². The predicted molar refractivity (Wildman–Crippen MR) is 148 cm³/mol. The summed E-state index contributed by atoms with van der Waals surface area (Å²) in [6.07, 6.45) is 7.98. The third-order valence-electron chi connectivity index (χ3n) is 7.45. The first-order valence-corrected chi connectivity index (χ1v) is 12.6. The second kappa shape index (κ2) is 10.9. The summed E-state index contributed by atoms with van der Waals surface area (Å²) in [5.41, 5.74) is 10.2. The van der Waals surface area contributed by atoms with E-state index in [2.05, 4.69) is 58.8 Å². The van der Waals surface area contributed by atoms with Crippen LogP contribution in [0.3, 0.4) is 0 Å². The first-order valence-electron chi connectivity index (χ1n) is 12.6. The van der Waals surface area contributed by atoms with E-state index in [1.807, 2.05) is 26.1 Å².